The van der Waals surface area contributed by atoms with Crippen molar-refractivity contribution in [3.63, 3.8) is 0 Å². The monoisotopic (exact) mass is 452 g/mol. The van der Waals surface area contributed by atoms with Crippen LogP contribution in [0.25, 0.3) is 0 Å². The number of urea groups is 1. The maximum absolute atomic E-state index is 12.6. The third-order valence-corrected chi connectivity index (χ3v) is 4.92. The predicted octanol–water partition coefficient (Wildman–Crippen LogP) is 2.49. The van der Waals surface area contributed by atoms with Gasteiger partial charge in [-0.1, -0.05) is 12.1 Å². The minimum absolute atomic E-state index is 0.0542. The Bertz CT molecular complexity index is 1050. The van der Waals surface area contributed by atoms with Gasteiger partial charge in [0.05, 0.1) is 12.0 Å². The lowest BCUT2D eigenvalue weighted by molar-refractivity contribution is -0.274. The highest BCUT2D eigenvalue weighted by Crippen LogP contribution is 2.31. The average molecular weight is 452 g/mol. The Balaban J connectivity index is 1.70. The van der Waals surface area contributed by atoms with Gasteiger partial charge in [-0.05, 0) is 48.7 Å². The number of halogens is 3. The molecule has 3 rings (SSSR count). The summed E-state index contributed by atoms with van der Waals surface area (Å²) in [6, 6.07) is 4.84. The summed E-state index contributed by atoms with van der Waals surface area (Å²) >= 11 is 0. The molecule has 4 N–H and O–H groups in total. The summed E-state index contributed by atoms with van der Waals surface area (Å²) in [7, 11) is 0. The smallest absolute Gasteiger partial charge is 0.480 e. The fourth-order valence-electron chi connectivity index (χ4n) is 3.45. The number of β-lactam (4-membered cyclic amide) rings is 1. The molecule has 0 aliphatic carbocycles. The first kappa shape index (κ1) is 22.8. The Kier molecular flexibility index (Phi) is 6.23. The molecule has 12 heteroatoms. The highest BCUT2D eigenvalue weighted by molar-refractivity contribution is 6.07. The molecular formula is C20H19F3N4O5. The number of imide groups is 1. The van der Waals surface area contributed by atoms with Crippen LogP contribution < -0.4 is 15.8 Å². The summed E-state index contributed by atoms with van der Waals surface area (Å²) in [6.45, 7) is 1.47. The number of rotatable bonds is 6. The number of ether oxygens (including phenoxy) is 1. The number of amides is 3. The normalized spacial score (nSPS) is 19.1. The van der Waals surface area contributed by atoms with Gasteiger partial charge >= 0.3 is 18.4 Å². The summed E-state index contributed by atoms with van der Waals surface area (Å²) in [6.07, 6.45) is -3.40. The lowest BCUT2D eigenvalue weighted by Gasteiger charge is -2.43. The van der Waals surface area contributed by atoms with Gasteiger partial charge in [-0.15, -0.1) is 13.2 Å². The molecule has 0 spiro atoms. The first-order valence-corrected chi connectivity index (χ1v) is 9.38. The molecule has 3 unspecified atom stereocenters. The number of anilines is 1. The number of aromatic nitrogens is 1. The van der Waals surface area contributed by atoms with Crippen molar-refractivity contribution >= 4 is 23.7 Å². The number of hydrogen-bond donors (Lipinski definition) is 3. The number of nitrogens with two attached hydrogens (primary N) is 1. The van der Waals surface area contributed by atoms with Gasteiger partial charge in [0.15, 0.2) is 6.04 Å². The number of alkyl halides is 3. The lowest BCUT2D eigenvalue weighted by Crippen LogP contribution is -2.68. The molecule has 0 radical (unpaired) electrons. The molecule has 3 atom stereocenters. The van der Waals surface area contributed by atoms with E-state index in [1.54, 1.807) is 6.07 Å². The van der Waals surface area contributed by atoms with Gasteiger partial charge in [0.2, 0.25) is 5.91 Å². The molecule has 1 aliphatic heterocycles. The number of nitrogens with zero attached hydrogens (tertiary/aromatic N) is 2. The van der Waals surface area contributed by atoms with E-state index in [4.69, 9.17) is 5.73 Å². The van der Waals surface area contributed by atoms with Gasteiger partial charge in [0.1, 0.15) is 11.6 Å². The topological polar surface area (TPSA) is 135 Å². The fraction of sp³-hybridized carbons (Fsp3) is 0.300. The molecule has 1 fully saturated rings. The highest BCUT2D eigenvalue weighted by Gasteiger charge is 2.54. The molecule has 1 aromatic carbocycles. The van der Waals surface area contributed by atoms with Crippen LogP contribution in [0.2, 0.25) is 0 Å². The maximum Gasteiger partial charge on any atom is 0.573 e. The minimum atomic E-state index is -4.88. The molecule has 32 heavy (non-hydrogen) atoms. The van der Waals surface area contributed by atoms with Crippen LogP contribution in [0.3, 0.4) is 0 Å². The van der Waals surface area contributed by atoms with Crippen molar-refractivity contribution in [3.05, 3.63) is 53.7 Å². The van der Waals surface area contributed by atoms with Crippen LogP contribution in [-0.4, -0.2) is 45.3 Å². The zero-order valence-corrected chi connectivity index (χ0v) is 16.7. The van der Waals surface area contributed by atoms with E-state index in [1.165, 1.54) is 31.3 Å². The predicted molar refractivity (Wildman–Crippen MR) is 104 cm³/mol. The van der Waals surface area contributed by atoms with Crippen LogP contribution in [0.1, 0.15) is 24.1 Å². The number of pyridine rings is 1. The summed E-state index contributed by atoms with van der Waals surface area (Å²) in [5.41, 5.74) is 6.46. The number of nitrogen functional groups attached to an aromatic ring is 1. The number of aliphatic carboxylic acids is 1. The van der Waals surface area contributed by atoms with Crippen molar-refractivity contribution in [1.82, 2.24) is 15.2 Å². The Morgan fingerprint density at radius 2 is 2.03 bits per heavy atom. The molecule has 2 heterocycles. The fourth-order valence-corrected chi connectivity index (χ4v) is 3.45. The zero-order chi connectivity index (χ0) is 23.6. The molecule has 9 nitrogen and oxygen atoms in total. The van der Waals surface area contributed by atoms with Crippen LogP contribution in [0.5, 0.6) is 5.75 Å². The van der Waals surface area contributed by atoms with Crippen LogP contribution in [-0.2, 0) is 16.0 Å². The molecule has 170 valence electrons. The van der Waals surface area contributed by atoms with E-state index in [9.17, 15) is 32.7 Å². The van der Waals surface area contributed by atoms with Gasteiger partial charge in [-0.3, -0.25) is 4.79 Å². The van der Waals surface area contributed by atoms with E-state index in [1.807, 2.05) is 0 Å². The Hall–Kier alpha value is -3.83. The molecule has 2 aromatic rings. The number of carbonyl (C=O) groups is 3. The van der Waals surface area contributed by atoms with E-state index >= 15 is 0 Å². The number of carboxylic acids is 1. The van der Waals surface area contributed by atoms with Gasteiger partial charge in [-0.25, -0.2) is 19.5 Å². The number of hydrogen-bond acceptors (Lipinski definition) is 6. The molecule has 1 saturated heterocycles. The van der Waals surface area contributed by atoms with E-state index < -0.39 is 48.0 Å². The zero-order valence-electron chi connectivity index (χ0n) is 16.7. The molecule has 0 bridgehead atoms. The quantitative estimate of drug-likeness (QED) is 0.573. The third kappa shape index (κ3) is 5.07. The van der Waals surface area contributed by atoms with Crippen LogP contribution >= 0.6 is 0 Å². The van der Waals surface area contributed by atoms with E-state index in [-0.39, 0.29) is 17.8 Å². The maximum atomic E-state index is 12.6. The van der Waals surface area contributed by atoms with E-state index in [2.05, 4.69) is 15.0 Å². The SMILES string of the molecule is CC(NC(=O)N1C(=O)C(Cc2ccnc(N)c2)C1C(=O)O)c1cccc(OC(F)(F)F)c1. The number of carbonyl (C=O) groups excluding carboxylic acids is 2. The second-order valence-electron chi connectivity index (χ2n) is 7.18. The summed E-state index contributed by atoms with van der Waals surface area (Å²) in [5, 5.41) is 12.0. The van der Waals surface area contributed by atoms with Crippen LogP contribution in [0.4, 0.5) is 23.8 Å². The second kappa shape index (κ2) is 8.73. The standard InChI is InChI=1S/C20H19F3N4O5/c1-10(12-3-2-4-13(9-12)32-20(21,22)23)26-19(31)27-16(18(29)30)14(17(27)28)7-11-5-6-25-15(24)8-11/h2-6,8-10,14,16H,7H2,1H3,(H2,24,25)(H,26,31)(H,29,30). The van der Waals surface area contributed by atoms with Crippen molar-refractivity contribution in [2.24, 2.45) is 5.92 Å². The van der Waals surface area contributed by atoms with Crippen molar-refractivity contribution in [2.75, 3.05) is 5.73 Å². The Labute approximate surface area is 180 Å². The first-order chi connectivity index (χ1) is 15.0. The van der Waals surface area contributed by atoms with Crippen molar-refractivity contribution < 1.29 is 37.4 Å². The van der Waals surface area contributed by atoms with Gasteiger partial charge in [0.25, 0.3) is 0 Å². The van der Waals surface area contributed by atoms with Crippen LogP contribution in [0.15, 0.2) is 42.6 Å². The van der Waals surface area contributed by atoms with Crippen molar-refractivity contribution in [3.8, 4) is 5.75 Å². The largest absolute Gasteiger partial charge is 0.573 e. The number of nitrogens with one attached hydrogen (secondary N) is 1. The lowest BCUT2D eigenvalue weighted by atomic mass is 9.82. The van der Waals surface area contributed by atoms with Gasteiger partial charge in [0, 0.05) is 6.20 Å². The number of likely N-dealkylation sites (tertiary alicyclic amines) is 1. The minimum Gasteiger partial charge on any atom is -0.480 e. The molecule has 3 amide bonds. The van der Waals surface area contributed by atoms with Crippen LogP contribution in [0, 0.1) is 5.92 Å². The molecule has 1 aliphatic rings. The van der Waals surface area contributed by atoms with Crippen molar-refractivity contribution in [1.29, 1.82) is 0 Å². The summed E-state index contributed by atoms with van der Waals surface area (Å²) < 4.78 is 41.1. The van der Waals surface area contributed by atoms with Crippen molar-refractivity contribution in [2.45, 2.75) is 31.8 Å². The number of carboxylic acid groups (broad SMARTS) is 1. The van der Waals surface area contributed by atoms with Gasteiger partial charge < -0.3 is 20.9 Å². The molecular weight excluding hydrogens is 433 g/mol. The van der Waals surface area contributed by atoms with E-state index in [0.717, 1.165) is 12.1 Å². The second-order valence-corrected chi connectivity index (χ2v) is 7.18. The molecule has 0 saturated carbocycles. The summed E-state index contributed by atoms with van der Waals surface area (Å²) in [4.78, 5) is 41.3. The summed E-state index contributed by atoms with van der Waals surface area (Å²) in [5.74, 6) is -3.29. The van der Waals surface area contributed by atoms with E-state index in [0.29, 0.717) is 10.5 Å². The Morgan fingerprint density at radius 1 is 1.31 bits per heavy atom. The van der Waals surface area contributed by atoms with Gasteiger partial charge in [-0.2, -0.15) is 0 Å². The molecule has 1 aromatic heterocycles. The third-order valence-electron chi connectivity index (χ3n) is 4.92. The highest BCUT2D eigenvalue weighted by atomic mass is 19.4. The first-order valence-electron chi connectivity index (χ1n) is 9.38. The Morgan fingerprint density at radius 3 is 2.66 bits per heavy atom. The average Bonchev–Trinajstić information content (AvgIpc) is 2.68. The number of benzene rings is 1.